The summed E-state index contributed by atoms with van der Waals surface area (Å²) in [6.07, 6.45) is 7.27. The molecule has 0 radical (unpaired) electrons. The number of likely N-dealkylation sites (tertiary alicyclic amines) is 2. The van der Waals surface area contributed by atoms with Gasteiger partial charge < -0.3 is 14.9 Å². The maximum Gasteiger partial charge on any atom is 0.115 e. The van der Waals surface area contributed by atoms with Gasteiger partial charge in [0.1, 0.15) is 5.60 Å². The summed E-state index contributed by atoms with van der Waals surface area (Å²) in [7, 11) is 2.25. The molecule has 2 fully saturated rings. The zero-order valence-corrected chi connectivity index (χ0v) is 21.0. The van der Waals surface area contributed by atoms with Crippen molar-refractivity contribution in [3.8, 4) is 0 Å². The Morgan fingerprint density at radius 2 is 1.19 bits per heavy atom. The van der Waals surface area contributed by atoms with Crippen molar-refractivity contribution in [2.75, 3.05) is 39.8 Å². The number of benzene rings is 2. The van der Waals surface area contributed by atoms with Gasteiger partial charge in [-0.2, -0.15) is 0 Å². The molecule has 0 spiro atoms. The standard InChI is InChI=1S/C27H38N2O.2ClH/c1-28-19-13-23(14-20-28)24-15-21-29(22-16-24)18-8-17-27(30,25-9-4-2-5-10-25)26-11-6-3-7-12-26;;/h2-7,9-12,23-24,30H,8,13-22H2,1H3;2*1H. The summed E-state index contributed by atoms with van der Waals surface area (Å²) in [5.41, 5.74) is 1.09. The van der Waals surface area contributed by atoms with Gasteiger partial charge in [0, 0.05) is 0 Å². The highest BCUT2D eigenvalue weighted by atomic mass is 35.5. The van der Waals surface area contributed by atoms with Gasteiger partial charge >= 0.3 is 0 Å². The van der Waals surface area contributed by atoms with Gasteiger partial charge in [0.2, 0.25) is 0 Å². The van der Waals surface area contributed by atoms with Gasteiger partial charge in [-0.1, -0.05) is 60.7 Å². The van der Waals surface area contributed by atoms with Crippen LogP contribution in [0.4, 0.5) is 0 Å². The third-order valence-electron chi connectivity index (χ3n) is 7.58. The van der Waals surface area contributed by atoms with E-state index in [0.29, 0.717) is 0 Å². The molecule has 2 aromatic rings. The van der Waals surface area contributed by atoms with E-state index in [0.717, 1.165) is 42.3 Å². The van der Waals surface area contributed by atoms with Crippen LogP contribution >= 0.6 is 24.8 Å². The van der Waals surface area contributed by atoms with Crippen LogP contribution in [-0.4, -0.2) is 54.7 Å². The Bertz CT molecular complexity index is 718. The van der Waals surface area contributed by atoms with E-state index >= 15 is 0 Å². The fraction of sp³-hybridized carbons (Fsp3) is 0.556. The largest absolute Gasteiger partial charge is 0.380 e. The van der Waals surface area contributed by atoms with Crippen LogP contribution in [-0.2, 0) is 5.60 Å². The summed E-state index contributed by atoms with van der Waals surface area (Å²) in [6.45, 7) is 6.10. The molecule has 2 aliphatic rings. The predicted octanol–water partition coefficient (Wildman–Crippen LogP) is 5.60. The van der Waals surface area contributed by atoms with E-state index in [1.54, 1.807) is 0 Å². The first-order valence-electron chi connectivity index (χ1n) is 11.9. The lowest BCUT2D eigenvalue weighted by atomic mass is 9.78. The molecular weight excluding hydrogens is 439 g/mol. The van der Waals surface area contributed by atoms with Crippen LogP contribution in [0.5, 0.6) is 0 Å². The molecule has 178 valence electrons. The monoisotopic (exact) mass is 478 g/mol. The molecule has 0 aromatic heterocycles. The quantitative estimate of drug-likeness (QED) is 0.560. The second-order valence-corrected chi connectivity index (χ2v) is 9.52. The summed E-state index contributed by atoms with van der Waals surface area (Å²) in [4.78, 5) is 5.11. The average Bonchev–Trinajstić information content (AvgIpc) is 2.81. The summed E-state index contributed by atoms with van der Waals surface area (Å²) < 4.78 is 0. The summed E-state index contributed by atoms with van der Waals surface area (Å²) >= 11 is 0. The van der Waals surface area contributed by atoms with Crippen LogP contribution < -0.4 is 0 Å². The number of piperidine rings is 2. The molecule has 5 heteroatoms. The van der Waals surface area contributed by atoms with E-state index in [1.165, 1.54) is 51.9 Å². The van der Waals surface area contributed by atoms with Gasteiger partial charge in [0.05, 0.1) is 0 Å². The smallest absolute Gasteiger partial charge is 0.115 e. The van der Waals surface area contributed by atoms with Crippen molar-refractivity contribution in [3.05, 3.63) is 71.8 Å². The lowest BCUT2D eigenvalue weighted by Gasteiger charge is -2.39. The van der Waals surface area contributed by atoms with Gasteiger partial charge in [-0.05, 0) is 101 Å². The number of hydrogen-bond acceptors (Lipinski definition) is 3. The Balaban J connectivity index is 0.00000181. The molecule has 0 bridgehead atoms. The Morgan fingerprint density at radius 1 is 0.750 bits per heavy atom. The first kappa shape index (κ1) is 27.1. The Labute approximate surface area is 207 Å². The zero-order chi connectivity index (χ0) is 20.8. The van der Waals surface area contributed by atoms with Crippen LogP contribution in [0.2, 0.25) is 0 Å². The maximum absolute atomic E-state index is 11.7. The maximum atomic E-state index is 11.7. The fourth-order valence-electron chi connectivity index (χ4n) is 5.59. The fourth-order valence-corrected chi connectivity index (χ4v) is 5.59. The van der Waals surface area contributed by atoms with E-state index in [-0.39, 0.29) is 24.8 Å². The lowest BCUT2D eigenvalue weighted by Crippen LogP contribution is -2.40. The normalized spacial score (nSPS) is 19.2. The van der Waals surface area contributed by atoms with E-state index in [9.17, 15) is 5.11 Å². The molecule has 2 aliphatic heterocycles. The van der Waals surface area contributed by atoms with Crippen LogP contribution in [0.25, 0.3) is 0 Å². The van der Waals surface area contributed by atoms with Crippen molar-refractivity contribution in [1.82, 2.24) is 9.80 Å². The first-order valence-corrected chi connectivity index (χ1v) is 11.9. The Morgan fingerprint density at radius 3 is 1.66 bits per heavy atom. The predicted molar refractivity (Wildman–Crippen MR) is 139 cm³/mol. The summed E-state index contributed by atoms with van der Waals surface area (Å²) in [6, 6.07) is 20.4. The molecule has 0 unspecified atom stereocenters. The van der Waals surface area contributed by atoms with Gasteiger partial charge in [0.25, 0.3) is 0 Å². The van der Waals surface area contributed by atoms with E-state index in [1.807, 2.05) is 36.4 Å². The highest BCUT2D eigenvalue weighted by Gasteiger charge is 2.32. The van der Waals surface area contributed by atoms with Gasteiger partial charge in [0.15, 0.2) is 0 Å². The van der Waals surface area contributed by atoms with Crippen LogP contribution in [0.15, 0.2) is 60.7 Å². The van der Waals surface area contributed by atoms with Gasteiger partial charge in [-0.3, -0.25) is 0 Å². The number of hydrogen-bond donors (Lipinski definition) is 1. The highest BCUT2D eigenvalue weighted by Crippen LogP contribution is 2.35. The minimum Gasteiger partial charge on any atom is -0.380 e. The van der Waals surface area contributed by atoms with Crippen LogP contribution in [0.1, 0.15) is 49.7 Å². The molecule has 3 nitrogen and oxygen atoms in total. The molecule has 0 atom stereocenters. The topological polar surface area (TPSA) is 26.7 Å². The highest BCUT2D eigenvalue weighted by molar-refractivity contribution is 5.85. The third kappa shape index (κ3) is 6.71. The minimum absolute atomic E-state index is 0. The molecular formula is C27H40Cl2N2O. The molecule has 2 saturated heterocycles. The summed E-state index contributed by atoms with van der Waals surface area (Å²) in [5.74, 6) is 1.88. The van der Waals surface area contributed by atoms with Crippen molar-refractivity contribution in [3.63, 3.8) is 0 Å². The molecule has 2 aromatic carbocycles. The number of halogens is 2. The Kier molecular flexibility index (Phi) is 11.0. The second-order valence-electron chi connectivity index (χ2n) is 9.52. The third-order valence-corrected chi connectivity index (χ3v) is 7.58. The number of aliphatic hydroxyl groups is 1. The van der Waals surface area contributed by atoms with Crippen LogP contribution in [0.3, 0.4) is 0 Å². The van der Waals surface area contributed by atoms with E-state index in [4.69, 9.17) is 0 Å². The molecule has 4 rings (SSSR count). The van der Waals surface area contributed by atoms with E-state index < -0.39 is 5.60 Å². The molecule has 0 saturated carbocycles. The van der Waals surface area contributed by atoms with Crippen molar-refractivity contribution in [2.24, 2.45) is 11.8 Å². The number of rotatable bonds is 7. The van der Waals surface area contributed by atoms with Crippen molar-refractivity contribution >= 4 is 24.8 Å². The summed E-state index contributed by atoms with van der Waals surface area (Å²) in [5, 5.41) is 11.7. The molecule has 32 heavy (non-hydrogen) atoms. The average molecular weight is 480 g/mol. The second kappa shape index (κ2) is 13.0. The minimum atomic E-state index is -0.908. The van der Waals surface area contributed by atoms with Crippen LogP contribution in [0, 0.1) is 11.8 Å². The SMILES string of the molecule is CN1CCC(C2CCN(CCCC(O)(c3ccccc3)c3ccccc3)CC2)CC1.Cl.Cl. The Hall–Kier alpha value is -1.10. The van der Waals surface area contributed by atoms with Crippen molar-refractivity contribution < 1.29 is 5.11 Å². The van der Waals surface area contributed by atoms with Gasteiger partial charge in [-0.25, -0.2) is 0 Å². The molecule has 0 amide bonds. The molecule has 1 N–H and O–H groups in total. The first-order chi connectivity index (χ1) is 14.6. The van der Waals surface area contributed by atoms with Crippen molar-refractivity contribution in [1.29, 1.82) is 0 Å². The molecule has 0 aliphatic carbocycles. The van der Waals surface area contributed by atoms with Gasteiger partial charge in [-0.15, -0.1) is 24.8 Å². The zero-order valence-electron chi connectivity index (χ0n) is 19.4. The van der Waals surface area contributed by atoms with Crippen molar-refractivity contribution in [2.45, 2.75) is 44.1 Å². The lowest BCUT2D eigenvalue weighted by molar-refractivity contribution is 0.0596. The van der Waals surface area contributed by atoms with E-state index in [2.05, 4.69) is 41.1 Å². The molecule has 2 heterocycles. The number of nitrogens with zero attached hydrogens (tertiary/aromatic N) is 2.